The molecule has 0 amide bonds. The number of fused-ring (bicyclic) bond motifs is 3. The summed E-state index contributed by atoms with van der Waals surface area (Å²) in [5, 5.41) is 95.5. The number of aliphatic carboxylic acids is 1. The van der Waals surface area contributed by atoms with Gasteiger partial charge in [-0.3, -0.25) is 10.1 Å². The van der Waals surface area contributed by atoms with Gasteiger partial charge in [-0.15, -0.1) is 0 Å². The fourth-order valence-electron chi connectivity index (χ4n) is 9.48. The molecule has 5 aromatic rings. The number of nitrogen functional groups attached to an aromatic ring is 1. The topological polar surface area (TPSA) is 312 Å². The molecule has 1 saturated carbocycles. The number of aromatic nitrogens is 1. The summed E-state index contributed by atoms with van der Waals surface area (Å²) >= 11 is 0. The highest BCUT2D eigenvalue weighted by Gasteiger charge is 2.70. The Bertz CT molecular complexity index is 2640. The largest absolute Gasteiger partial charge is 0.508 e. The van der Waals surface area contributed by atoms with E-state index < -0.39 is 94.7 Å². The molecule has 2 aliphatic carbocycles. The van der Waals surface area contributed by atoms with Gasteiger partial charge < -0.3 is 80.3 Å². The molecule has 19 nitrogen and oxygen atoms in total. The van der Waals surface area contributed by atoms with Gasteiger partial charge in [-0.25, -0.2) is 4.79 Å². The van der Waals surface area contributed by atoms with Gasteiger partial charge in [0.2, 0.25) is 12.0 Å². The van der Waals surface area contributed by atoms with Crippen molar-refractivity contribution < 1.29 is 69.0 Å². The Hall–Kier alpha value is -6.16. The summed E-state index contributed by atoms with van der Waals surface area (Å²) in [4.78, 5) is 29.7. The number of anilines is 1. The average Bonchev–Trinajstić information content (AvgIpc) is 4.08. The Morgan fingerprint density at radius 3 is 2.44 bits per heavy atom. The molecule has 2 saturated heterocycles. The third-order valence-corrected chi connectivity index (χ3v) is 12.8. The molecule has 9 rings (SSSR count). The van der Waals surface area contributed by atoms with Crippen LogP contribution in [0, 0.1) is 5.92 Å². The first kappa shape index (κ1) is 43.1. The van der Waals surface area contributed by atoms with Crippen LogP contribution in [0.1, 0.15) is 43.0 Å². The zero-order chi connectivity index (χ0) is 45.1. The fraction of sp³-hybridized carbons (Fsp3) is 0.378. The van der Waals surface area contributed by atoms with Crippen LogP contribution in [-0.2, 0) is 15.1 Å². The first-order valence-electron chi connectivity index (χ1n) is 20.8. The van der Waals surface area contributed by atoms with Crippen LogP contribution in [0.15, 0.2) is 94.2 Å². The van der Waals surface area contributed by atoms with E-state index in [-0.39, 0.29) is 28.2 Å². The number of hydrogen-bond donors (Lipinski definition) is 12. The fourth-order valence-corrected chi connectivity index (χ4v) is 9.48. The zero-order valence-electron chi connectivity index (χ0n) is 34.1. The highest BCUT2D eigenvalue weighted by Crippen LogP contribution is 2.53. The number of ether oxygens (including phenoxy) is 4. The lowest BCUT2D eigenvalue weighted by Crippen LogP contribution is -2.79. The van der Waals surface area contributed by atoms with Crippen molar-refractivity contribution in [3.8, 4) is 40.1 Å². The third-order valence-electron chi connectivity index (χ3n) is 12.8. The van der Waals surface area contributed by atoms with Gasteiger partial charge in [0.25, 0.3) is 0 Å². The van der Waals surface area contributed by atoms with E-state index in [1.807, 2.05) is 0 Å². The summed E-state index contributed by atoms with van der Waals surface area (Å²) in [5.74, 6) is -3.67. The maximum Gasteiger partial charge on any atom is 0.336 e. The first-order chi connectivity index (χ1) is 30.6. The van der Waals surface area contributed by atoms with Crippen LogP contribution in [0.3, 0.4) is 0 Å². The molecule has 0 radical (unpaired) electrons. The number of carboxylic acid groups (broad SMARTS) is 1. The minimum Gasteiger partial charge on any atom is -0.508 e. The Labute approximate surface area is 363 Å². The van der Waals surface area contributed by atoms with E-state index in [0.29, 0.717) is 61.5 Å². The molecule has 2 aromatic heterocycles. The summed E-state index contributed by atoms with van der Waals surface area (Å²) < 4.78 is 31.0. The van der Waals surface area contributed by atoms with Crippen molar-refractivity contribution in [3.63, 3.8) is 0 Å². The third kappa shape index (κ3) is 7.28. The summed E-state index contributed by atoms with van der Waals surface area (Å²) in [6, 6.07) is 17.5. The predicted octanol–water partition coefficient (Wildman–Crippen LogP) is 1.82. The van der Waals surface area contributed by atoms with Gasteiger partial charge in [0.1, 0.15) is 57.5 Å². The van der Waals surface area contributed by atoms with Gasteiger partial charge in [-0.2, -0.15) is 0 Å². The molecule has 338 valence electrons. The number of aliphatic hydroxyl groups is 5. The van der Waals surface area contributed by atoms with E-state index in [1.54, 1.807) is 36.4 Å². The SMILES string of the molecule is Nc1ccc([C@@H](O)[C@H](CO)Oc2ccc(-c3cc(=O)c4c(O)c(OC5(c6cccc(O)c6)CCCC5)c(O[C@@H]5O[C@H](C(=O)O)[C@]6(O)[C@H]([C@H]7CNCN7)C=C[C@@]5(O)[C@@H]6O)cc4o3)cc2)[nH]1. The molecule has 3 fully saturated rings. The van der Waals surface area contributed by atoms with Crippen molar-refractivity contribution in [2.75, 3.05) is 25.6 Å². The van der Waals surface area contributed by atoms with Crippen molar-refractivity contribution in [1.29, 1.82) is 0 Å². The molecule has 4 heterocycles. The van der Waals surface area contributed by atoms with Crippen LogP contribution >= 0.6 is 0 Å². The van der Waals surface area contributed by atoms with E-state index in [1.165, 1.54) is 42.5 Å². The van der Waals surface area contributed by atoms with Crippen molar-refractivity contribution in [1.82, 2.24) is 15.6 Å². The molecule has 2 aliphatic heterocycles. The van der Waals surface area contributed by atoms with Crippen molar-refractivity contribution in [2.45, 2.75) is 79.2 Å². The minimum atomic E-state index is -2.58. The van der Waals surface area contributed by atoms with Crippen LogP contribution in [0.4, 0.5) is 5.82 Å². The van der Waals surface area contributed by atoms with E-state index in [0.717, 1.165) is 6.07 Å². The Balaban J connectivity index is 1.12. The quantitative estimate of drug-likeness (QED) is 0.0751. The lowest BCUT2D eigenvalue weighted by atomic mass is 9.63. The summed E-state index contributed by atoms with van der Waals surface area (Å²) in [7, 11) is 0. The maximum absolute atomic E-state index is 14.0. The van der Waals surface area contributed by atoms with Crippen molar-refractivity contribution in [3.05, 3.63) is 106 Å². The maximum atomic E-state index is 14.0. The van der Waals surface area contributed by atoms with E-state index in [9.17, 15) is 50.4 Å². The molecule has 64 heavy (non-hydrogen) atoms. The number of nitrogens with one attached hydrogen (secondary N) is 3. The molecule has 19 heteroatoms. The molecule has 9 atom stereocenters. The second-order valence-electron chi connectivity index (χ2n) is 16.7. The number of hydrogen-bond acceptors (Lipinski definition) is 17. The number of nitrogens with two attached hydrogens (primary N) is 1. The normalized spacial score (nSPS) is 28.2. The minimum absolute atomic E-state index is 0.0194. The number of carbonyl (C=O) groups is 1. The van der Waals surface area contributed by atoms with Gasteiger partial charge in [0.05, 0.1) is 6.61 Å². The summed E-state index contributed by atoms with van der Waals surface area (Å²) in [6.07, 6.45) is -3.93. The number of H-pyrrole nitrogens is 1. The Kier molecular flexibility index (Phi) is 11.1. The molecular weight excluding hydrogens is 837 g/mol. The molecule has 0 unspecified atom stereocenters. The number of aliphatic hydroxyl groups excluding tert-OH is 3. The van der Waals surface area contributed by atoms with Gasteiger partial charge in [0, 0.05) is 48.6 Å². The van der Waals surface area contributed by atoms with Crippen LogP contribution in [0.25, 0.3) is 22.3 Å². The van der Waals surface area contributed by atoms with Crippen molar-refractivity contribution in [2.24, 2.45) is 5.92 Å². The standard InChI is InChI=1S/C45H48N4O15/c46-34-11-10-27(49-34)36(53)33(20-50)60-25-8-6-22(7-9-25)30-17-29(52)35-31(61-30)18-32(38(37(35)54)64-43(13-1-2-14-43)23-4-3-5-24(51)16-23)62-42-44(58)15-12-26(28-19-47-21-48-28)45(59,41(44)57)39(63-42)40(55)56/h3-12,15-18,26,28,33,36,39,41-42,47-51,53-54,57-59H,1-2,13-14,19-21,46H2,(H,55,56)/t26-,28+,33-,36+,39+,41-,42+,44+,45+/m0/s1. The summed E-state index contributed by atoms with van der Waals surface area (Å²) in [6.45, 7) is 0.132. The molecule has 3 aromatic carbocycles. The van der Waals surface area contributed by atoms with Gasteiger partial charge in [-0.05, 0) is 85.9 Å². The van der Waals surface area contributed by atoms with E-state index >= 15 is 0 Å². The lowest BCUT2D eigenvalue weighted by molar-refractivity contribution is -0.342. The molecule has 2 bridgehead atoms. The van der Waals surface area contributed by atoms with Crippen LogP contribution in [0.5, 0.6) is 28.7 Å². The lowest BCUT2D eigenvalue weighted by Gasteiger charge is -2.56. The van der Waals surface area contributed by atoms with Crippen LogP contribution in [-0.4, -0.2) is 113 Å². The summed E-state index contributed by atoms with van der Waals surface area (Å²) in [5.41, 5.74) is -0.253. The van der Waals surface area contributed by atoms with E-state index in [4.69, 9.17) is 29.1 Å². The monoisotopic (exact) mass is 884 g/mol. The number of aromatic hydroxyl groups is 2. The van der Waals surface area contributed by atoms with Gasteiger partial charge in [0.15, 0.2) is 34.7 Å². The van der Waals surface area contributed by atoms with Gasteiger partial charge >= 0.3 is 5.97 Å². The number of rotatable bonds is 13. The Morgan fingerprint density at radius 1 is 1.02 bits per heavy atom. The first-order valence-corrected chi connectivity index (χ1v) is 20.8. The second kappa shape index (κ2) is 16.4. The highest BCUT2D eigenvalue weighted by atomic mass is 16.7. The highest BCUT2D eigenvalue weighted by molar-refractivity contribution is 5.89. The smallest absolute Gasteiger partial charge is 0.336 e. The number of phenols is 2. The van der Waals surface area contributed by atoms with Crippen LogP contribution < -0.4 is 36.0 Å². The number of carboxylic acids is 1. The predicted molar refractivity (Wildman–Crippen MR) is 225 cm³/mol. The number of benzene rings is 3. The molecule has 13 N–H and O–H groups in total. The molecule has 0 spiro atoms. The van der Waals surface area contributed by atoms with E-state index in [2.05, 4.69) is 15.6 Å². The molecular formula is C45H48N4O15. The van der Waals surface area contributed by atoms with Crippen LogP contribution in [0.2, 0.25) is 0 Å². The molecule has 4 aliphatic rings. The number of phenolic OH excluding ortho intramolecular Hbond substituents is 2. The number of aromatic amines is 1. The van der Waals surface area contributed by atoms with Gasteiger partial charge in [-0.1, -0.05) is 18.2 Å². The Morgan fingerprint density at radius 2 is 1.78 bits per heavy atom. The zero-order valence-corrected chi connectivity index (χ0v) is 34.1. The second-order valence-corrected chi connectivity index (χ2v) is 16.7. The average molecular weight is 885 g/mol. The van der Waals surface area contributed by atoms with Crippen molar-refractivity contribution >= 4 is 22.8 Å².